The Morgan fingerprint density at radius 1 is 1.07 bits per heavy atom. The van der Waals surface area contributed by atoms with Crippen molar-refractivity contribution in [1.29, 1.82) is 0 Å². The highest BCUT2D eigenvalue weighted by Crippen LogP contribution is 2.29. The van der Waals surface area contributed by atoms with E-state index in [1.54, 1.807) is 34.6 Å². The number of thioether (sulfide) groups is 1. The molecule has 1 N–H and O–H groups in total. The zero-order valence-electron chi connectivity index (χ0n) is 16.9. The Kier molecular flexibility index (Phi) is 6.65. The van der Waals surface area contributed by atoms with Gasteiger partial charge in [-0.25, -0.2) is 9.59 Å². The highest BCUT2D eigenvalue weighted by Gasteiger charge is 2.44. The van der Waals surface area contributed by atoms with E-state index in [0.717, 1.165) is 0 Å². The van der Waals surface area contributed by atoms with Crippen LogP contribution in [0.2, 0.25) is 0 Å². The average Bonchev–Trinajstić information content (AvgIpc) is 3.26. The van der Waals surface area contributed by atoms with Gasteiger partial charge >= 0.3 is 11.9 Å². The number of aliphatic carboxylic acids is 1. The Balaban J connectivity index is 1.99. The van der Waals surface area contributed by atoms with Crippen LogP contribution in [-0.4, -0.2) is 82.3 Å². The van der Waals surface area contributed by atoms with Crippen molar-refractivity contribution in [2.24, 2.45) is 10.8 Å². The Labute approximate surface area is 168 Å². The van der Waals surface area contributed by atoms with Crippen molar-refractivity contribution >= 4 is 35.5 Å². The lowest BCUT2D eigenvalue weighted by atomic mass is 9.92. The second kappa shape index (κ2) is 8.28. The van der Waals surface area contributed by atoms with Crippen LogP contribution in [0.25, 0.3) is 0 Å². The van der Waals surface area contributed by atoms with Gasteiger partial charge in [0.2, 0.25) is 11.8 Å². The number of esters is 1. The van der Waals surface area contributed by atoms with Crippen LogP contribution < -0.4 is 0 Å². The minimum atomic E-state index is -1.09. The van der Waals surface area contributed by atoms with E-state index >= 15 is 0 Å². The van der Waals surface area contributed by atoms with E-state index in [2.05, 4.69) is 0 Å². The number of nitrogens with zero attached hydrogens (tertiary/aromatic N) is 2. The molecule has 2 aliphatic rings. The van der Waals surface area contributed by atoms with Crippen LogP contribution in [-0.2, 0) is 28.7 Å². The van der Waals surface area contributed by atoms with Gasteiger partial charge in [0.25, 0.3) is 0 Å². The Morgan fingerprint density at radius 2 is 1.71 bits per heavy atom. The van der Waals surface area contributed by atoms with Gasteiger partial charge in [0.15, 0.2) is 6.04 Å². The van der Waals surface area contributed by atoms with E-state index in [1.165, 1.54) is 21.6 Å². The zero-order valence-corrected chi connectivity index (χ0v) is 17.7. The highest BCUT2D eigenvalue weighted by molar-refractivity contribution is 7.99. The molecule has 1 unspecified atom stereocenters. The molecule has 0 aromatic heterocycles. The van der Waals surface area contributed by atoms with Gasteiger partial charge in [0.05, 0.1) is 17.9 Å². The van der Waals surface area contributed by atoms with Crippen molar-refractivity contribution in [3.05, 3.63) is 0 Å². The quantitative estimate of drug-likeness (QED) is 0.654. The van der Waals surface area contributed by atoms with Gasteiger partial charge in [-0.1, -0.05) is 20.8 Å². The summed E-state index contributed by atoms with van der Waals surface area (Å²) in [6.45, 7) is 8.32. The van der Waals surface area contributed by atoms with E-state index in [-0.39, 0.29) is 37.6 Å². The predicted molar refractivity (Wildman–Crippen MR) is 101 cm³/mol. The minimum absolute atomic E-state index is 0.0173. The monoisotopic (exact) mass is 416 g/mol. The standard InChI is InChI=1S/C18H28N2O7S/c1-17(2,3)15(24)19-9-26-6-11(19)14(23)27-8-18(4,5)16(25)20-10-28-7-12(20)13(21)22/h11-12H,6-10H2,1-5H3,(H,21,22)/t11?,12-/m0/s1. The van der Waals surface area contributed by atoms with Crippen LogP contribution in [0.5, 0.6) is 0 Å². The maximum absolute atomic E-state index is 12.8. The number of ether oxygens (including phenoxy) is 2. The summed E-state index contributed by atoms with van der Waals surface area (Å²) in [7, 11) is 0. The first-order valence-electron chi connectivity index (χ1n) is 9.03. The molecule has 10 heteroatoms. The normalized spacial score (nSPS) is 23.0. The number of hydrogen-bond acceptors (Lipinski definition) is 7. The van der Waals surface area contributed by atoms with Gasteiger partial charge in [0.1, 0.15) is 19.4 Å². The van der Waals surface area contributed by atoms with E-state index in [1.807, 2.05) is 0 Å². The molecule has 9 nitrogen and oxygen atoms in total. The third-order valence-corrected chi connectivity index (χ3v) is 5.65. The molecular formula is C18H28N2O7S. The first kappa shape index (κ1) is 22.5. The fraction of sp³-hybridized carbons (Fsp3) is 0.778. The lowest BCUT2D eigenvalue weighted by molar-refractivity contribution is -0.162. The molecule has 158 valence electrons. The summed E-state index contributed by atoms with van der Waals surface area (Å²) >= 11 is 1.37. The topological polar surface area (TPSA) is 113 Å². The SMILES string of the molecule is CC(C)(C)C(=O)N1COCC1C(=O)OCC(C)(C)C(=O)N1CSC[C@H]1C(=O)O. The molecule has 0 radical (unpaired) electrons. The zero-order chi connectivity index (χ0) is 21.3. The summed E-state index contributed by atoms with van der Waals surface area (Å²) in [5.41, 5.74) is -1.76. The number of carboxylic acid groups (broad SMARTS) is 1. The second-order valence-corrected chi connectivity index (χ2v) is 9.66. The van der Waals surface area contributed by atoms with Crippen molar-refractivity contribution in [2.75, 3.05) is 31.6 Å². The number of amides is 2. The van der Waals surface area contributed by atoms with Gasteiger partial charge in [0, 0.05) is 11.2 Å². The van der Waals surface area contributed by atoms with Crippen molar-refractivity contribution in [3.8, 4) is 0 Å². The molecule has 0 aliphatic carbocycles. The lowest BCUT2D eigenvalue weighted by Gasteiger charge is -2.32. The predicted octanol–water partition coefficient (Wildman–Crippen LogP) is 0.773. The number of carbonyl (C=O) groups is 4. The first-order valence-corrected chi connectivity index (χ1v) is 10.2. The molecule has 0 bridgehead atoms. The van der Waals surface area contributed by atoms with Gasteiger partial charge in [-0.3, -0.25) is 9.59 Å². The van der Waals surface area contributed by atoms with Crippen molar-refractivity contribution in [1.82, 2.24) is 9.80 Å². The summed E-state index contributed by atoms with van der Waals surface area (Å²) in [5, 5.41) is 9.26. The molecule has 2 fully saturated rings. The molecule has 2 rings (SSSR count). The fourth-order valence-electron chi connectivity index (χ4n) is 2.91. The molecule has 0 spiro atoms. The van der Waals surface area contributed by atoms with Crippen molar-refractivity contribution < 1.29 is 33.8 Å². The molecule has 28 heavy (non-hydrogen) atoms. The van der Waals surface area contributed by atoms with E-state index in [4.69, 9.17) is 9.47 Å². The summed E-state index contributed by atoms with van der Waals surface area (Å²) in [6.07, 6.45) is 0. The molecule has 2 heterocycles. The van der Waals surface area contributed by atoms with E-state index in [0.29, 0.717) is 5.75 Å². The Bertz CT molecular complexity index is 659. The highest BCUT2D eigenvalue weighted by atomic mass is 32.2. The third kappa shape index (κ3) is 4.78. The maximum atomic E-state index is 12.8. The van der Waals surface area contributed by atoms with Gasteiger partial charge in [-0.05, 0) is 13.8 Å². The van der Waals surface area contributed by atoms with Crippen LogP contribution in [0.1, 0.15) is 34.6 Å². The molecule has 0 aromatic carbocycles. The van der Waals surface area contributed by atoms with Crippen molar-refractivity contribution in [2.45, 2.75) is 46.7 Å². The number of carbonyl (C=O) groups excluding carboxylic acids is 3. The van der Waals surface area contributed by atoms with Crippen molar-refractivity contribution in [3.63, 3.8) is 0 Å². The summed E-state index contributed by atoms with van der Waals surface area (Å²) in [5.74, 6) is -1.67. The van der Waals surface area contributed by atoms with E-state index < -0.39 is 34.9 Å². The number of rotatable bonds is 5. The van der Waals surface area contributed by atoms with E-state index in [9.17, 15) is 24.3 Å². The molecule has 0 aromatic rings. The molecular weight excluding hydrogens is 388 g/mol. The Hall–Kier alpha value is -1.81. The van der Waals surface area contributed by atoms with Crippen LogP contribution >= 0.6 is 11.8 Å². The third-order valence-electron chi connectivity index (χ3n) is 4.64. The molecule has 2 saturated heterocycles. The van der Waals surface area contributed by atoms with Crippen LogP contribution in [0, 0.1) is 10.8 Å². The Morgan fingerprint density at radius 3 is 2.29 bits per heavy atom. The largest absolute Gasteiger partial charge is 0.480 e. The van der Waals surface area contributed by atoms with Gasteiger partial charge < -0.3 is 24.4 Å². The van der Waals surface area contributed by atoms with Crippen LogP contribution in [0.3, 0.4) is 0 Å². The van der Waals surface area contributed by atoms with Crippen LogP contribution in [0.4, 0.5) is 0 Å². The minimum Gasteiger partial charge on any atom is -0.480 e. The van der Waals surface area contributed by atoms with Gasteiger partial charge in [-0.2, -0.15) is 0 Å². The number of carboxylic acids is 1. The smallest absolute Gasteiger partial charge is 0.331 e. The fourth-order valence-corrected chi connectivity index (χ4v) is 4.06. The molecule has 2 atom stereocenters. The van der Waals surface area contributed by atoms with Gasteiger partial charge in [-0.15, -0.1) is 11.8 Å². The lowest BCUT2D eigenvalue weighted by Crippen LogP contribution is -2.50. The average molecular weight is 416 g/mol. The summed E-state index contributed by atoms with van der Waals surface area (Å²) in [4.78, 5) is 51.8. The maximum Gasteiger partial charge on any atom is 0.331 e. The first-order chi connectivity index (χ1) is 12.9. The summed E-state index contributed by atoms with van der Waals surface area (Å²) in [6, 6.07) is -1.73. The number of hydrogen-bond donors (Lipinski definition) is 1. The summed E-state index contributed by atoms with van der Waals surface area (Å²) < 4.78 is 10.6. The molecule has 0 saturated carbocycles. The molecule has 2 amide bonds. The second-order valence-electron chi connectivity index (χ2n) is 8.66. The molecule has 2 aliphatic heterocycles. The van der Waals surface area contributed by atoms with Crippen LogP contribution in [0.15, 0.2) is 0 Å².